The van der Waals surface area contributed by atoms with Crippen LogP contribution >= 0.6 is 0 Å². The lowest BCUT2D eigenvalue weighted by molar-refractivity contribution is 0.0736. The van der Waals surface area contributed by atoms with Gasteiger partial charge in [-0.15, -0.1) is 10.2 Å². The molecule has 0 saturated heterocycles. The van der Waals surface area contributed by atoms with Crippen molar-refractivity contribution in [2.24, 2.45) is 0 Å². The van der Waals surface area contributed by atoms with Gasteiger partial charge in [0.05, 0.1) is 23.2 Å². The highest BCUT2D eigenvalue weighted by molar-refractivity contribution is 6.03. The second-order valence-corrected chi connectivity index (χ2v) is 7.74. The van der Waals surface area contributed by atoms with Gasteiger partial charge in [-0.25, -0.2) is 9.78 Å². The average molecular weight is 454 g/mol. The standard InChI is InChI=1S/C25H22N6O3/c1-4-33-21-13-16(34-25(32)20-11-9-14(2)22-23(20)27-15(3)26-22)10-12-18(21)17-7-5-6-8-19(17)24-28-30-31-29-24/h5-13H,4H2,1-3H3,(H,26,27)(H,28,29,30,31). The molecule has 3 aromatic carbocycles. The van der Waals surface area contributed by atoms with Crippen molar-refractivity contribution in [3.05, 3.63) is 71.5 Å². The van der Waals surface area contributed by atoms with Gasteiger partial charge >= 0.3 is 5.97 Å². The second kappa shape index (κ2) is 8.78. The van der Waals surface area contributed by atoms with Crippen molar-refractivity contribution in [2.75, 3.05) is 6.61 Å². The number of esters is 1. The van der Waals surface area contributed by atoms with Gasteiger partial charge in [0, 0.05) is 17.2 Å². The number of benzene rings is 3. The first kappa shape index (κ1) is 21.3. The third-order valence-corrected chi connectivity index (χ3v) is 5.45. The summed E-state index contributed by atoms with van der Waals surface area (Å²) in [6, 6.07) is 16.6. The number of H-pyrrole nitrogens is 2. The van der Waals surface area contributed by atoms with Crippen LogP contribution in [0.25, 0.3) is 33.5 Å². The van der Waals surface area contributed by atoms with E-state index in [1.165, 1.54) is 0 Å². The van der Waals surface area contributed by atoms with Gasteiger partial charge in [0.1, 0.15) is 17.3 Å². The number of fused-ring (bicyclic) bond motifs is 1. The molecule has 0 aliphatic heterocycles. The van der Waals surface area contributed by atoms with Crippen molar-refractivity contribution < 1.29 is 14.3 Å². The predicted octanol–water partition coefficient (Wildman–Crippen LogP) is 4.64. The lowest BCUT2D eigenvalue weighted by Crippen LogP contribution is -2.10. The molecule has 0 unspecified atom stereocenters. The van der Waals surface area contributed by atoms with Gasteiger partial charge in [0.2, 0.25) is 5.82 Å². The lowest BCUT2D eigenvalue weighted by atomic mass is 9.98. The van der Waals surface area contributed by atoms with Crippen LogP contribution in [-0.2, 0) is 0 Å². The molecule has 9 nitrogen and oxygen atoms in total. The Hall–Kier alpha value is -4.53. The van der Waals surface area contributed by atoms with E-state index in [-0.39, 0.29) is 0 Å². The average Bonchev–Trinajstić information content (AvgIpc) is 3.50. The Balaban J connectivity index is 1.51. The van der Waals surface area contributed by atoms with Gasteiger partial charge in [0.15, 0.2) is 0 Å². The molecule has 0 fully saturated rings. The minimum atomic E-state index is -0.476. The highest BCUT2D eigenvalue weighted by atomic mass is 16.5. The molecule has 0 radical (unpaired) electrons. The zero-order chi connectivity index (χ0) is 23.7. The number of ether oxygens (including phenoxy) is 2. The van der Waals surface area contributed by atoms with E-state index < -0.39 is 5.97 Å². The Morgan fingerprint density at radius 2 is 1.82 bits per heavy atom. The normalized spacial score (nSPS) is 11.0. The van der Waals surface area contributed by atoms with Crippen LogP contribution in [0.3, 0.4) is 0 Å². The molecule has 0 spiro atoms. The summed E-state index contributed by atoms with van der Waals surface area (Å²) >= 11 is 0. The Kier molecular flexibility index (Phi) is 5.51. The number of rotatable bonds is 6. The van der Waals surface area contributed by atoms with E-state index in [0.29, 0.717) is 35.0 Å². The van der Waals surface area contributed by atoms with Crippen molar-refractivity contribution >= 4 is 17.0 Å². The number of nitrogens with one attached hydrogen (secondary N) is 2. The maximum atomic E-state index is 13.0. The van der Waals surface area contributed by atoms with Gasteiger partial charge in [0.25, 0.3) is 0 Å². The highest BCUT2D eigenvalue weighted by Crippen LogP contribution is 2.38. The Bertz CT molecular complexity index is 1490. The molecular formula is C25H22N6O3. The number of aromatic amines is 2. The fraction of sp³-hybridized carbons (Fsp3) is 0.160. The predicted molar refractivity (Wildman–Crippen MR) is 127 cm³/mol. The minimum absolute atomic E-state index is 0.374. The molecule has 0 saturated carbocycles. The molecule has 2 aromatic heterocycles. The number of aromatic nitrogens is 6. The maximum Gasteiger partial charge on any atom is 0.345 e. The van der Waals surface area contributed by atoms with Gasteiger partial charge < -0.3 is 14.5 Å². The highest BCUT2D eigenvalue weighted by Gasteiger charge is 2.19. The van der Waals surface area contributed by atoms with Crippen molar-refractivity contribution in [1.29, 1.82) is 0 Å². The van der Waals surface area contributed by atoms with E-state index in [1.807, 2.05) is 57.2 Å². The van der Waals surface area contributed by atoms with Crippen LogP contribution in [0, 0.1) is 13.8 Å². The van der Waals surface area contributed by atoms with Crippen LogP contribution in [0.1, 0.15) is 28.7 Å². The smallest absolute Gasteiger partial charge is 0.345 e. The molecule has 0 amide bonds. The Morgan fingerprint density at radius 1 is 1.00 bits per heavy atom. The van der Waals surface area contributed by atoms with E-state index in [0.717, 1.165) is 33.6 Å². The summed E-state index contributed by atoms with van der Waals surface area (Å²) in [5, 5.41) is 14.4. The van der Waals surface area contributed by atoms with Crippen LogP contribution < -0.4 is 9.47 Å². The molecule has 9 heteroatoms. The third-order valence-electron chi connectivity index (χ3n) is 5.45. The fourth-order valence-corrected chi connectivity index (χ4v) is 3.93. The SMILES string of the molecule is CCOc1cc(OC(=O)c2ccc(C)c3nc(C)[nH]c23)ccc1-c1ccccc1-c1nn[nH]n1. The largest absolute Gasteiger partial charge is 0.493 e. The van der Waals surface area contributed by atoms with Gasteiger partial charge in [-0.2, -0.15) is 5.21 Å². The van der Waals surface area contributed by atoms with Crippen LogP contribution in [0.2, 0.25) is 0 Å². The first-order chi connectivity index (χ1) is 16.5. The molecule has 0 aliphatic rings. The molecule has 5 rings (SSSR count). The Morgan fingerprint density at radius 3 is 2.59 bits per heavy atom. The van der Waals surface area contributed by atoms with Crippen LogP contribution in [0.4, 0.5) is 0 Å². The number of carbonyl (C=O) groups is 1. The van der Waals surface area contributed by atoms with Gasteiger partial charge in [-0.05, 0) is 55.3 Å². The zero-order valence-electron chi connectivity index (χ0n) is 18.9. The van der Waals surface area contributed by atoms with Gasteiger partial charge in [-0.3, -0.25) is 0 Å². The van der Waals surface area contributed by atoms with Crippen LogP contribution in [0.15, 0.2) is 54.6 Å². The number of tetrazole rings is 1. The molecule has 0 aliphatic carbocycles. The van der Waals surface area contributed by atoms with Crippen LogP contribution in [-0.4, -0.2) is 43.2 Å². The summed E-state index contributed by atoms with van der Waals surface area (Å²) in [6.45, 7) is 6.16. The summed E-state index contributed by atoms with van der Waals surface area (Å²) in [5.74, 6) is 1.69. The summed E-state index contributed by atoms with van der Waals surface area (Å²) < 4.78 is 11.6. The van der Waals surface area contributed by atoms with E-state index >= 15 is 0 Å². The lowest BCUT2D eigenvalue weighted by Gasteiger charge is -2.14. The number of aryl methyl sites for hydroxylation is 2. The molecule has 170 valence electrons. The molecule has 2 heterocycles. The molecular weight excluding hydrogens is 432 g/mol. The molecule has 0 atom stereocenters. The number of carbonyl (C=O) groups excluding carboxylic acids is 1. The monoisotopic (exact) mass is 454 g/mol. The van der Waals surface area contributed by atoms with Crippen LogP contribution in [0.5, 0.6) is 11.5 Å². The third kappa shape index (κ3) is 3.88. The van der Waals surface area contributed by atoms with E-state index in [4.69, 9.17) is 9.47 Å². The minimum Gasteiger partial charge on any atom is -0.493 e. The van der Waals surface area contributed by atoms with Crippen molar-refractivity contribution in [3.63, 3.8) is 0 Å². The zero-order valence-corrected chi connectivity index (χ0v) is 18.9. The Labute approximate surface area is 195 Å². The number of hydrogen-bond donors (Lipinski definition) is 2. The molecule has 34 heavy (non-hydrogen) atoms. The summed E-state index contributed by atoms with van der Waals surface area (Å²) in [5.41, 5.74) is 5.33. The first-order valence-corrected chi connectivity index (χ1v) is 10.8. The fourth-order valence-electron chi connectivity index (χ4n) is 3.93. The van der Waals surface area contributed by atoms with Crippen molar-refractivity contribution in [2.45, 2.75) is 20.8 Å². The quantitative estimate of drug-likeness (QED) is 0.283. The summed E-state index contributed by atoms with van der Waals surface area (Å²) in [6.07, 6.45) is 0. The molecule has 5 aromatic rings. The van der Waals surface area contributed by atoms with E-state index in [1.54, 1.807) is 18.2 Å². The number of imidazole rings is 1. The second-order valence-electron chi connectivity index (χ2n) is 7.74. The maximum absolute atomic E-state index is 13.0. The number of nitrogens with zero attached hydrogens (tertiary/aromatic N) is 4. The molecule has 0 bridgehead atoms. The van der Waals surface area contributed by atoms with E-state index in [2.05, 4.69) is 30.6 Å². The summed E-state index contributed by atoms with van der Waals surface area (Å²) in [4.78, 5) is 20.7. The number of hydrogen-bond acceptors (Lipinski definition) is 7. The first-order valence-electron chi connectivity index (χ1n) is 10.8. The summed E-state index contributed by atoms with van der Waals surface area (Å²) in [7, 11) is 0. The van der Waals surface area contributed by atoms with Crippen molar-refractivity contribution in [3.8, 4) is 34.0 Å². The van der Waals surface area contributed by atoms with E-state index in [9.17, 15) is 4.79 Å². The van der Waals surface area contributed by atoms with Gasteiger partial charge in [-0.1, -0.05) is 30.3 Å². The van der Waals surface area contributed by atoms with Crippen molar-refractivity contribution in [1.82, 2.24) is 30.6 Å². The topological polar surface area (TPSA) is 119 Å². The molecule has 2 N–H and O–H groups in total.